The molecule has 4 rings (SSSR count). The number of anilines is 2. The van der Waals surface area contributed by atoms with Gasteiger partial charge in [-0.05, 0) is 42.8 Å². The van der Waals surface area contributed by atoms with Crippen molar-refractivity contribution in [2.45, 2.75) is 13.0 Å². The summed E-state index contributed by atoms with van der Waals surface area (Å²) >= 11 is 0. The Morgan fingerprint density at radius 1 is 1.22 bits per heavy atom. The van der Waals surface area contributed by atoms with Crippen molar-refractivity contribution in [2.75, 3.05) is 31.4 Å². The van der Waals surface area contributed by atoms with E-state index in [0.717, 1.165) is 25.2 Å². The number of fused-ring (bicyclic) bond motifs is 1. The van der Waals surface area contributed by atoms with Gasteiger partial charge in [-0.1, -0.05) is 12.1 Å². The Kier molecular flexibility index (Phi) is 6.03. The minimum Gasteiger partial charge on any atom is -0.419 e. The van der Waals surface area contributed by atoms with Gasteiger partial charge in [-0.2, -0.15) is 19.6 Å². The summed E-state index contributed by atoms with van der Waals surface area (Å²) in [5, 5.41) is 12.6. The predicted octanol–water partition coefficient (Wildman–Crippen LogP) is 3.63. The maximum absolute atomic E-state index is 11.9. The number of benzene rings is 1. The molecule has 1 aliphatic rings. The molecule has 2 aromatic heterocycles. The molecule has 1 aliphatic heterocycles. The molecule has 0 amide bonds. The molecule has 0 unspecified atom stereocenters. The second-order valence-corrected chi connectivity index (χ2v) is 10.4. The van der Waals surface area contributed by atoms with E-state index < -0.39 is 9.73 Å². The van der Waals surface area contributed by atoms with Crippen molar-refractivity contribution in [3.05, 3.63) is 59.3 Å². The number of nitrogens with zero attached hydrogens (tertiary/aromatic N) is 6. The zero-order chi connectivity index (χ0) is 22.7. The van der Waals surface area contributed by atoms with E-state index in [1.807, 2.05) is 12.1 Å². The van der Waals surface area contributed by atoms with Gasteiger partial charge in [0.1, 0.15) is 11.6 Å². The van der Waals surface area contributed by atoms with E-state index in [9.17, 15) is 9.47 Å². The molecule has 0 saturated carbocycles. The third-order valence-electron chi connectivity index (χ3n) is 4.76. The molecule has 3 heterocycles. The molecular weight excluding hydrogens is 426 g/mol. The van der Waals surface area contributed by atoms with E-state index in [2.05, 4.69) is 48.7 Å². The molecule has 0 bridgehead atoms. The average molecular weight is 450 g/mol. The highest BCUT2D eigenvalue weighted by Crippen LogP contribution is 2.27. The highest BCUT2D eigenvalue weighted by Gasteiger charge is 2.15. The monoisotopic (exact) mass is 449 g/mol. The molecule has 1 aromatic carbocycles. The molecule has 3 aromatic rings. The summed E-state index contributed by atoms with van der Waals surface area (Å²) in [6, 6.07) is 13.1. The van der Waals surface area contributed by atoms with Crippen LogP contribution in [0, 0.1) is 11.3 Å². The standard InChI is InChI=1S/C22H23N7O2S/c1-29-10-9-15-7-8-18(11-16(15)14-29)25-22-24-13-17(12-23)21(27-22)31-20-6-4-5-19(26-20)28-32(2,3)30/h4-8,11,13H,9-10,14H2,1-3H3,(H,24,25,27). The predicted molar refractivity (Wildman–Crippen MR) is 123 cm³/mol. The van der Waals surface area contributed by atoms with Crippen LogP contribution in [0.15, 0.2) is 47.0 Å². The summed E-state index contributed by atoms with van der Waals surface area (Å²) < 4.78 is 21.8. The fraction of sp³-hybridized carbons (Fsp3) is 0.273. The minimum atomic E-state index is -2.37. The van der Waals surface area contributed by atoms with E-state index in [1.165, 1.54) is 29.8 Å². The molecule has 164 valence electrons. The summed E-state index contributed by atoms with van der Waals surface area (Å²) in [6.07, 6.45) is 5.48. The number of rotatable bonds is 5. The van der Waals surface area contributed by atoms with Crippen molar-refractivity contribution >= 4 is 27.2 Å². The summed E-state index contributed by atoms with van der Waals surface area (Å²) in [5.74, 6) is 0.838. The van der Waals surface area contributed by atoms with E-state index in [1.54, 1.807) is 18.2 Å². The van der Waals surface area contributed by atoms with Gasteiger partial charge in [-0.3, -0.25) is 0 Å². The SMILES string of the molecule is CN1CCc2ccc(Nc3ncc(C#N)c(Oc4cccc(N=S(C)(C)=O)n4)n3)cc2C1. The van der Waals surface area contributed by atoms with Crippen LogP contribution in [0.2, 0.25) is 0 Å². The molecule has 0 fully saturated rings. The maximum atomic E-state index is 11.9. The van der Waals surface area contributed by atoms with Gasteiger partial charge in [0.15, 0.2) is 5.82 Å². The van der Waals surface area contributed by atoms with Gasteiger partial charge >= 0.3 is 0 Å². The number of hydrogen-bond acceptors (Lipinski definition) is 9. The first-order valence-corrected chi connectivity index (χ1v) is 12.3. The van der Waals surface area contributed by atoms with Gasteiger partial charge in [-0.25, -0.2) is 9.19 Å². The van der Waals surface area contributed by atoms with Gasteiger partial charge in [0, 0.05) is 47.1 Å². The number of nitrogens with one attached hydrogen (secondary N) is 1. The topological polar surface area (TPSA) is 116 Å². The highest BCUT2D eigenvalue weighted by molar-refractivity contribution is 7.92. The molecule has 1 N–H and O–H groups in total. The Bertz CT molecular complexity index is 1320. The van der Waals surface area contributed by atoms with Crippen molar-refractivity contribution in [3.63, 3.8) is 0 Å². The Morgan fingerprint density at radius 3 is 2.84 bits per heavy atom. The van der Waals surface area contributed by atoms with Gasteiger partial charge in [0.05, 0.1) is 6.20 Å². The third kappa shape index (κ3) is 5.38. The lowest BCUT2D eigenvalue weighted by atomic mass is 9.99. The number of aromatic nitrogens is 3. The van der Waals surface area contributed by atoms with Gasteiger partial charge in [0.2, 0.25) is 17.7 Å². The maximum Gasteiger partial charge on any atom is 0.244 e. The molecule has 0 radical (unpaired) electrons. The number of pyridine rings is 1. The molecule has 10 heteroatoms. The quantitative estimate of drug-likeness (QED) is 0.628. The summed E-state index contributed by atoms with van der Waals surface area (Å²) in [7, 11) is -0.262. The van der Waals surface area contributed by atoms with Crippen LogP contribution in [0.3, 0.4) is 0 Å². The fourth-order valence-corrected chi connectivity index (χ4v) is 3.87. The van der Waals surface area contributed by atoms with E-state index in [0.29, 0.717) is 5.95 Å². The van der Waals surface area contributed by atoms with Crippen LogP contribution in [0.1, 0.15) is 16.7 Å². The third-order valence-corrected chi connectivity index (χ3v) is 5.39. The summed E-state index contributed by atoms with van der Waals surface area (Å²) in [5.41, 5.74) is 3.63. The van der Waals surface area contributed by atoms with Crippen LogP contribution in [-0.2, 0) is 22.7 Å². The largest absolute Gasteiger partial charge is 0.419 e. The first kappa shape index (κ1) is 21.7. The van der Waals surface area contributed by atoms with Gasteiger partial charge in [0.25, 0.3) is 0 Å². The van der Waals surface area contributed by atoms with Crippen molar-refractivity contribution in [3.8, 4) is 17.8 Å². The molecular formula is C22H23N7O2S. The smallest absolute Gasteiger partial charge is 0.244 e. The van der Waals surface area contributed by atoms with Crippen LogP contribution >= 0.6 is 0 Å². The van der Waals surface area contributed by atoms with Crippen LogP contribution in [0.4, 0.5) is 17.5 Å². The van der Waals surface area contributed by atoms with Gasteiger partial charge < -0.3 is 15.0 Å². The molecule has 0 spiro atoms. The van der Waals surface area contributed by atoms with Crippen molar-refractivity contribution in [2.24, 2.45) is 4.36 Å². The normalized spacial score (nSPS) is 13.7. The number of likely N-dealkylation sites (N-methyl/N-ethyl adjacent to an activating group) is 1. The Labute approximate surface area is 187 Å². The highest BCUT2D eigenvalue weighted by atomic mass is 32.2. The summed E-state index contributed by atoms with van der Waals surface area (Å²) in [6.45, 7) is 1.94. The lowest BCUT2D eigenvalue weighted by Gasteiger charge is -2.25. The molecule has 0 aliphatic carbocycles. The fourth-order valence-electron chi connectivity index (χ4n) is 3.32. The molecule has 0 atom stereocenters. The van der Waals surface area contributed by atoms with Crippen molar-refractivity contribution < 1.29 is 8.95 Å². The molecule has 9 nitrogen and oxygen atoms in total. The number of ether oxygens (including phenoxy) is 1. The Balaban J connectivity index is 1.59. The summed E-state index contributed by atoms with van der Waals surface area (Å²) in [4.78, 5) is 15.1. The van der Waals surface area contributed by atoms with E-state index in [-0.39, 0.29) is 23.1 Å². The second-order valence-electron chi connectivity index (χ2n) is 7.83. The zero-order valence-electron chi connectivity index (χ0n) is 18.1. The number of hydrogen-bond donors (Lipinski definition) is 1. The second kappa shape index (κ2) is 8.90. The first-order valence-electron chi connectivity index (χ1n) is 9.95. The Hall–Kier alpha value is -3.55. The lowest BCUT2D eigenvalue weighted by Crippen LogP contribution is -2.26. The van der Waals surface area contributed by atoms with Crippen LogP contribution in [0.5, 0.6) is 11.8 Å². The van der Waals surface area contributed by atoms with E-state index >= 15 is 0 Å². The van der Waals surface area contributed by atoms with Crippen molar-refractivity contribution in [1.82, 2.24) is 19.9 Å². The Morgan fingerprint density at radius 2 is 2.06 bits per heavy atom. The van der Waals surface area contributed by atoms with Gasteiger partial charge in [-0.15, -0.1) is 0 Å². The first-order chi connectivity index (χ1) is 15.3. The lowest BCUT2D eigenvalue weighted by molar-refractivity contribution is 0.313. The van der Waals surface area contributed by atoms with Crippen LogP contribution in [0.25, 0.3) is 0 Å². The zero-order valence-corrected chi connectivity index (χ0v) is 18.9. The average Bonchev–Trinajstić information content (AvgIpc) is 2.73. The minimum absolute atomic E-state index is 0.0704. The van der Waals surface area contributed by atoms with Crippen LogP contribution in [-0.4, -0.2) is 50.2 Å². The molecule has 32 heavy (non-hydrogen) atoms. The number of nitriles is 1. The van der Waals surface area contributed by atoms with Crippen molar-refractivity contribution in [1.29, 1.82) is 5.26 Å². The van der Waals surface area contributed by atoms with E-state index in [4.69, 9.17) is 4.74 Å². The molecule has 0 saturated heterocycles. The van der Waals surface area contributed by atoms with Crippen LogP contribution < -0.4 is 10.1 Å².